The van der Waals surface area contributed by atoms with Crippen LogP contribution in [0.2, 0.25) is 0 Å². The van der Waals surface area contributed by atoms with Crippen LogP contribution in [0.25, 0.3) is 0 Å². The van der Waals surface area contributed by atoms with E-state index in [1.54, 1.807) is 7.11 Å². The highest BCUT2D eigenvalue weighted by molar-refractivity contribution is 8.00. The summed E-state index contributed by atoms with van der Waals surface area (Å²) in [4.78, 5) is 13.7. The van der Waals surface area contributed by atoms with Gasteiger partial charge < -0.3 is 10.1 Å². The third-order valence-corrected chi connectivity index (χ3v) is 6.91. The Morgan fingerprint density at radius 3 is 2.58 bits per heavy atom. The molecule has 0 heterocycles. The molecule has 2 aromatic rings. The third kappa shape index (κ3) is 5.18. The topological polar surface area (TPSA) is 38.3 Å². The van der Waals surface area contributed by atoms with E-state index >= 15 is 0 Å². The van der Waals surface area contributed by atoms with Crippen molar-refractivity contribution in [1.29, 1.82) is 0 Å². The van der Waals surface area contributed by atoms with E-state index in [2.05, 4.69) is 17.4 Å². The normalized spacial score (nSPS) is 22.6. The van der Waals surface area contributed by atoms with Crippen molar-refractivity contribution in [2.75, 3.05) is 12.4 Å². The van der Waals surface area contributed by atoms with Gasteiger partial charge in [0.15, 0.2) is 0 Å². The Morgan fingerprint density at radius 1 is 1.15 bits per heavy atom. The fourth-order valence-corrected chi connectivity index (χ4v) is 5.14. The number of benzene rings is 2. The first-order valence-electron chi connectivity index (χ1n) is 8.95. The van der Waals surface area contributed by atoms with Gasteiger partial charge in [-0.15, -0.1) is 23.4 Å². The number of nitrogens with one attached hydrogen (secondary N) is 1. The molecule has 3 unspecified atom stereocenters. The van der Waals surface area contributed by atoms with Crippen molar-refractivity contribution < 1.29 is 9.53 Å². The summed E-state index contributed by atoms with van der Waals surface area (Å²) in [6.07, 6.45) is 3.70. The zero-order valence-electron chi connectivity index (χ0n) is 14.9. The molecule has 3 nitrogen and oxygen atoms in total. The molecule has 0 aliphatic heterocycles. The number of carbonyl (C=O) groups is 1. The number of alkyl halides is 1. The maximum Gasteiger partial charge on any atom is 0.224 e. The highest BCUT2D eigenvalue weighted by atomic mass is 35.5. The van der Waals surface area contributed by atoms with Crippen LogP contribution in [-0.4, -0.2) is 23.6 Å². The number of ether oxygens (including phenoxy) is 1. The van der Waals surface area contributed by atoms with E-state index < -0.39 is 0 Å². The molecule has 3 rings (SSSR count). The minimum atomic E-state index is 0.00979. The highest BCUT2D eigenvalue weighted by Crippen LogP contribution is 2.40. The lowest BCUT2D eigenvalue weighted by Gasteiger charge is -2.33. The van der Waals surface area contributed by atoms with Gasteiger partial charge in [-0.1, -0.05) is 24.6 Å². The Balaban J connectivity index is 1.55. The minimum Gasteiger partial charge on any atom is -0.497 e. The maximum absolute atomic E-state index is 12.4. The number of carbonyl (C=O) groups excluding carboxylic acids is 1. The average molecular weight is 390 g/mol. The first-order valence-corrected chi connectivity index (χ1v) is 10.3. The second-order valence-corrected chi connectivity index (χ2v) is 8.40. The maximum atomic E-state index is 12.4. The standard InChI is InChI=1S/C21H24ClNO2S/c1-25-17-12-10-16(11-13-17)23-20(24)14-15-6-5-9-19(21(15)22)26-18-7-3-2-4-8-18/h2-4,7-8,10-13,15,19,21H,5-6,9,14H2,1H3,(H,23,24). The third-order valence-electron chi connectivity index (χ3n) is 4.72. The quantitative estimate of drug-likeness (QED) is 0.654. The lowest BCUT2D eigenvalue weighted by Crippen LogP contribution is -2.33. The smallest absolute Gasteiger partial charge is 0.224 e. The summed E-state index contributed by atoms with van der Waals surface area (Å²) in [6.45, 7) is 0. The molecule has 1 saturated carbocycles. The minimum absolute atomic E-state index is 0.00979. The van der Waals surface area contributed by atoms with Crippen LogP contribution in [0.4, 0.5) is 5.69 Å². The molecule has 2 aromatic carbocycles. The van der Waals surface area contributed by atoms with Gasteiger partial charge in [0.1, 0.15) is 5.75 Å². The molecule has 1 aliphatic rings. The van der Waals surface area contributed by atoms with Crippen LogP contribution in [0, 0.1) is 5.92 Å². The molecule has 1 aliphatic carbocycles. The van der Waals surface area contributed by atoms with Gasteiger partial charge in [-0.25, -0.2) is 0 Å². The summed E-state index contributed by atoms with van der Waals surface area (Å²) in [5, 5.41) is 3.33. The van der Waals surface area contributed by atoms with Gasteiger partial charge in [0.2, 0.25) is 5.91 Å². The van der Waals surface area contributed by atoms with E-state index in [1.165, 1.54) is 4.90 Å². The zero-order chi connectivity index (χ0) is 18.4. The molecule has 0 spiro atoms. The van der Waals surface area contributed by atoms with Crippen molar-refractivity contribution in [2.24, 2.45) is 5.92 Å². The molecule has 26 heavy (non-hydrogen) atoms. The van der Waals surface area contributed by atoms with Crippen LogP contribution in [0.3, 0.4) is 0 Å². The molecule has 1 N–H and O–H groups in total. The Hall–Kier alpha value is -1.65. The SMILES string of the molecule is COc1ccc(NC(=O)CC2CCCC(Sc3ccccc3)C2Cl)cc1. The summed E-state index contributed by atoms with van der Waals surface area (Å²) < 4.78 is 5.14. The van der Waals surface area contributed by atoms with Crippen molar-refractivity contribution in [3.8, 4) is 5.75 Å². The first kappa shape index (κ1) is 19.1. The van der Waals surface area contributed by atoms with Gasteiger partial charge in [0, 0.05) is 27.6 Å². The summed E-state index contributed by atoms with van der Waals surface area (Å²) >= 11 is 8.60. The van der Waals surface area contributed by atoms with Crippen molar-refractivity contribution in [3.63, 3.8) is 0 Å². The van der Waals surface area contributed by atoms with E-state index in [1.807, 2.05) is 54.2 Å². The Bertz CT molecular complexity index is 708. The van der Waals surface area contributed by atoms with Crippen LogP contribution in [0.5, 0.6) is 5.75 Å². The lowest BCUT2D eigenvalue weighted by molar-refractivity contribution is -0.117. The second kappa shape index (κ2) is 9.33. The Morgan fingerprint density at radius 2 is 1.88 bits per heavy atom. The summed E-state index contributed by atoms with van der Waals surface area (Å²) in [5.41, 5.74) is 0.785. The van der Waals surface area contributed by atoms with Gasteiger partial charge in [-0.2, -0.15) is 0 Å². The van der Waals surface area contributed by atoms with Crippen LogP contribution >= 0.6 is 23.4 Å². The molecule has 0 aromatic heterocycles. The second-order valence-electron chi connectivity index (χ2n) is 6.59. The molecule has 0 saturated heterocycles. The Kier molecular flexibility index (Phi) is 6.86. The number of methoxy groups -OCH3 is 1. The molecule has 3 atom stereocenters. The van der Waals surface area contributed by atoms with E-state index in [9.17, 15) is 4.79 Å². The van der Waals surface area contributed by atoms with Crippen molar-refractivity contribution >= 4 is 35.0 Å². The van der Waals surface area contributed by atoms with E-state index in [4.69, 9.17) is 16.3 Å². The molecular formula is C21H24ClNO2S. The summed E-state index contributed by atoms with van der Waals surface area (Å²) in [7, 11) is 1.63. The molecule has 138 valence electrons. The summed E-state index contributed by atoms with van der Waals surface area (Å²) in [5.74, 6) is 1.01. The average Bonchev–Trinajstić information content (AvgIpc) is 2.66. The fraction of sp³-hybridized carbons (Fsp3) is 0.381. The number of hydrogen-bond acceptors (Lipinski definition) is 3. The zero-order valence-corrected chi connectivity index (χ0v) is 16.4. The predicted molar refractivity (Wildman–Crippen MR) is 109 cm³/mol. The molecule has 5 heteroatoms. The number of thioether (sulfide) groups is 1. The molecule has 1 amide bonds. The molecule has 1 fully saturated rings. The van der Waals surface area contributed by atoms with Crippen molar-refractivity contribution in [1.82, 2.24) is 0 Å². The first-order chi connectivity index (χ1) is 12.7. The largest absolute Gasteiger partial charge is 0.497 e. The number of halogens is 1. The predicted octanol–water partition coefficient (Wildman–Crippen LogP) is 5.59. The highest BCUT2D eigenvalue weighted by Gasteiger charge is 2.33. The van der Waals surface area contributed by atoms with E-state index in [-0.39, 0.29) is 17.2 Å². The molecule has 0 radical (unpaired) electrons. The van der Waals surface area contributed by atoms with Crippen molar-refractivity contribution in [3.05, 3.63) is 54.6 Å². The van der Waals surface area contributed by atoms with Gasteiger partial charge in [-0.05, 0) is 55.2 Å². The molecule has 0 bridgehead atoms. The Labute approximate surface area is 164 Å². The molecular weight excluding hydrogens is 366 g/mol. The fourth-order valence-electron chi connectivity index (χ4n) is 3.34. The monoisotopic (exact) mass is 389 g/mol. The van der Waals surface area contributed by atoms with Crippen LogP contribution in [0.1, 0.15) is 25.7 Å². The number of rotatable bonds is 6. The number of anilines is 1. The van der Waals surface area contributed by atoms with Gasteiger partial charge >= 0.3 is 0 Å². The van der Waals surface area contributed by atoms with E-state index in [0.717, 1.165) is 30.7 Å². The van der Waals surface area contributed by atoms with Crippen LogP contribution in [-0.2, 0) is 4.79 Å². The van der Waals surface area contributed by atoms with E-state index in [0.29, 0.717) is 11.7 Å². The van der Waals surface area contributed by atoms with Gasteiger partial charge in [0.05, 0.1) is 7.11 Å². The van der Waals surface area contributed by atoms with Gasteiger partial charge in [0.25, 0.3) is 0 Å². The number of hydrogen-bond donors (Lipinski definition) is 1. The van der Waals surface area contributed by atoms with Gasteiger partial charge in [-0.3, -0.25) is 4.79 Å². The summed E-state index contributed by atoms with van der Waals surface area (Å²) in [6, 6.07) is 17.7. The van der Waals surface area contributed by atoms with Crippen LogP contribution < -0.4 is 10.1 Å². The van der Waals surface area contributed by atoms with Crippen LogP contribution in [0.15, 0.2) is 59.5 Å². The number of amides is 1. The lowest BCUT2D eigenvalue weighted by atomic mass is 9.86. The van der Waals surface area contributed by atoms with Crippen molar-refractivity contribution in [2.45, 2.75) is 41.2 Å².